The average Bonchev–Trinajstić information content (AvgIpc) is 2.47. The van der Waals surface area contributed by atoms with Crippen LogP contribution in [-0.2, 0) is 15.4 Å². The Morgan fingerprint density at radius 1 is 1.33 bits per heavy atom. The maximum atomic E-state index is 11.2. The number of hydrogen-bond acceptors (Lipinski definition) is 5. The quantitative estimate of drug-likeness (QED) is 0.704. The van der Waals surface area contributed by atoms with Crippen LogP contribution in [-0.4, -0.2) is 38.5 Å². The highest BCUT2D eigenvalue weighted by Crippen LogP contribution is 2.25. The third-order valence-corrected chi connectivity index (χ3v) is 5.39. The van der Waals surface area contributed by atoms with Gasteiger partial charge in [0.25, 0.3) is 0 Å². The molecular formula is C15H22N2O2S2. The minimum Gasteiger partial charge on any atom is -0.295 e. The van der Waals surface area contributed by atoms with E-state index in [0.717, 1.165) is 18.5 Å². The fraction of sp³-hybridized carbons (Fsp3) is 0.533. The third-order valence-electron chi connectivity index (χ3n) is 3.05. The standard InChI is InChI=1S/C15H22N2O2S2/c1-3-9-17-15(12-16,14-7-5-4-6-8-14)13-20-10-11-21(2,18)19/h4-8,17H,3,9-11,13H2,1-2H3. The average molecular weight is 326 g/mol. The van der Waals surface area contributed by atoms with Crippen LogP contribution in [0.15, 0.2) is 30.3 Å². The summed E-state index contributed by atoms with van der Waals surface area (Å²) >= 11 is 1.49. The summed E-state index contributed by atoms with van der Waals surface area (Å²) in [6.45, 7) is 2.80. The highest BCUT2D eigenvalue weighted by Gasteiger charge is 2.31. The van der Waals surface area contributed by atoms with E-state index in [1.807, 2.05) is 30.3 Å². The molecule has 1 rings (SSSR count). The van der Waals surface area contributed by atoms with E-state index in [1.165, 1.54) is 18.0 Å². The molecule has 6 heteroatoms. The maximum Gasteiger partial charge on any atom is 0.148 e. The van der Waals surface area contributed by atoms with Crippen molar-refractivity contribution in [1.29, 1.82) is 5.26 Å². The third kappa shape index (κ3) is 6.08. The van der Waals surface area contributed by atoms with Crippen LogP contribution in [0.2, 0.25) is 0 Å². The van der Waals surface area contributed by atoms with Crippen LogP contribution in [0.5, 0.6) is 0 Å². The van der Waals surface area contributed by atoms with Gasteiger partial charge < -0.3 is 0 Å². The fourth-order valence-electron chi connectivity index (χ4n) is 1.87. The molecule has 21 heavy (non-hydrogen) atoms. The molecule has 1 atom stereocenters. The van der Waals surface area contributed by atoms with Crippen molar-refractivity contribution in [3.63, 3.8) is 0 Å². The van der Waals surface area contributed by atoms with Crippen LogP contribution in [0.4, 0.5) is 0 Å². The lowest BCUT2D eigenvalue weighted by Gasteiger charge is -2.28. The highest BCUT2D eigenvalue weighted by molar-refractivity contribution is 8.00. The van der Waals surface area contributed by atoms with E-state index in [1.54, 1.807) is 0 Å². The van der Waals surface area contributed by atoms with E-state index in [-0.39, 0.29) is 5.75 Å². The van der Waals surface area contributed by atoms with E-state index in [9.17, 15) is 13.7 Å². The molecule has 0 saturated heterocycles. The van der Waals surface area contributed by atoms with Gasteiger partial charge >= 0.3 is 0 Å². The van der Waals surface area contributed by atoms with Gasteiger partial charge in [-0.3, -0.25) is 5.32 Å². The summed E-state index contributed by atoms with van der Waals surface area (Å²) in [7, 11) is -2.95. The smallest absolute Gasteiger partial charge is 0.148 e. The second kappa shape index (κ2) is 8.42. The summed E-state index contributed by atoms with van der Waals surface area (Å²) in [4.78, 5) is 0. The number of hydrogen-bond donors (Lipinski definition) is 1. The minimum absolute atomic E-state index is 0.141. The summed E-state index contributed by atoms with van der Waals surface area (Å²) in [6, 6.07) is 12.0. The first-order chi connectivity index (χ1) is 9.93. The zero-order chi connectivity index (χ0) is 15.8. The van der Waals surface area contributed by atoms with Crippen LogP contribution in [0.25, 0.3) is 0 Å². The molecule has 0 radical (unpaired) electrons. The number of nitriles is 1. The van der Waals surface area contributed by atoms with Crippen LogP contribution in [0, 0.1) is 11.3 Å². The number of sulfone groups is 1. The Bertz CT molecular complexity index is 567. The summed E-state index contributed by atoms with van der Waals surface area (Å²) < 4.78 is 22.3. The molecule has 1 aromatic carbocycles. The van der Waals surface area contributed by atoms with Crippen molar-refractivity contribution in [2.75, 3.05) is 30.1 Å². The van der Waals surface area contributed by atoms with Gasteiger partial charge in [0, 0.05) is 17.8 Å². The summed E-state index contributed by atoms with van der Waals surface area (Å²) in [5.41, 5.74) is 0.159. The lowest BCUT2D eigenvalue weighted by Crippen LogP contribution is -2.44. The van der Waals surface area contributed by atoms with E-state index < -0.39 is 15.4 Å². The van der Waals surface area contributed by atoms with Crippen molar-refractivity contribution in [2.45, 2.75) is 18.9 Å². The van der Waals surface area contributed by atoms with Gasteiger partial charge in [0.1, 0.15) is 15.4 Å². The predicted molar refractivity (Wildman–Crippen MR) is 89.1 cm³/mol. The molecule has 0 heterocycles. The Morgan fingerprint density at radius 3 is 2.52 bits per heavy atom. The van der Waals surface area contributed by atoms with Crippen molar-refractivity contribution in [2.24, 2.45) is 0 Å². The van der Waals surface area contributed by atoms with E-state index in [2.05, 4.69) is 18.3 Å². The molecule has 0 aliphatic heterocycles. The Balaban J connectivity index is 2.80. The van der Waals surface area contributed by atoms with Crippen LogP contribution in [0.1, 0.15) is 18.9 Å². The maximum absolute atomic E-state index is 11.2. The van der Waals surface area contributed by atoms with E-state index in [4.69, 9.17) is 0 Å². The van der Waals surface area contributed by atoms with Gasteiger partial charge in [0.05, 0.1) is 11.8 Å². The molecule has 0 fully saturated rings. The van der Waals surface area contributed by atoms with Gasteiger partial charge in [-0.15, -0.1) is 0 Å². The zero-order valence-electron chi connectivity index (χ0n) is 12.5. The molecule has 1 aromatic rings. The molecule has 4 nitrogen and oxygen atoms in total. The Labute approximate surface area is 131 Å². The first kappa shape index (κ1) is 18.0. The molecule has 0 aliphatic rings. The fourth-order valence-corrected chi connectivity index (χ4v) is 4.34. The topological polar surface area (TPSA) is 70.0 Å². The molecule has 0 spiro atoms. The van der Waals surface area contributed by atoms with Gasteiger partial charge in [-0.05, 0) is 18.5 Å². The van der Waals surface area contributed by atoms with Crippen molar-refractivity contribution < 1.29 is 8.42 Å². The van der Waals surface area contributed by atoms with Crippen molar-refractivity contribution in [3.8, 4) is 6.07 Å². The van der Waals surface area contributed by atoms with Crippen molar-refractivity contribution in [1.82, 2.24) is 5.32 Å². The Hall–Kier alpha value is -1.03. The molecule has 1 N–H and O–H groups in total. The van der Waals surface area contributed by atoms with Gasteiger partial charge in [-0.2, -0.15) is 17.0 Å². The Kier molecular flexibility index (Phi) is 7.23. The van der Waals surface area contributed by atoms with Crippen LogP contribution < -0.4 is 5.32 Å². The summed E-state index contributed by atoms with van der Waals surface area (Å²) in [5, 5.41) is 13.0. The normalized spacial score (nSPS) is 14.3. The molecule has 0 amide bonds. The van der Waals surface area contributed by atoms with Gasteiger partial charge in [0.15, 0.2) is 0 Å². The van der Waals surface area contributed by atoms with E-state index >= 15 is 0 Å². The summed E-state index contributed by atoms with van der Waals surface area (Å²) in [6.07, 6.45) is 2.17. The highest BCUT2D eigenvalue weighted by atomic mass is 32.2. The number of benzene rings is 1. The lowest BCUT2D eigenvalue weighted by molar-refractivity contribution is 0.474. The Morgan fingerprint density at radius 2 is 2.00 bits per heavy atom. The molecule has 116 valence electrons. The van der Waals surface area contributed by atoms with Gasteiger partial charge in [-0.25, -0.2) is 8.42 Å². The SMILES string of the molecule is CCCNC(C#N)(CSCCS(C)(=O)=O)c1ccccc1. The number of nitrogens with one attached hydrogen (secondary N) is 1. The van der Waals surface area contributed by atoms with Crippen LogP contribution in [0.3, 0.4) is 0 Å². The van der Waals surface area contributed by atoms with Crippen LogP contribution >= 0.6 is 11.8 Å². The summed E-state index contributed by atoms with van der Waals surface area (Å²) in [5.74, 6) is 1.17. The number of nitrogens with zero attached hydrogens (tertiary/aromatic N) is 1. The predicted octanol–water partition coefficient (Wildman–Crippen LogP) is 2.18. The number of thioether (sulfide) groups is 1. The van der Waals surface area contributed by atoms with Gasteiger partial charge in [0.2, 0.25) is 0 Å². The molecule has 0 aliphatic carbocycles. The second-order valence-electron chi connectivity index (χ2n) is 4.99. The lowest BCUT2D eigenvalue weighted by atomic mass is 9.93. The van der Waals surface area contributed by atoms with E-state index in [0.29, 0.717) is 11.5 Å². The second-order valence-corrected chi connectivity index (χ2v) is 8.36. The molecule has 1 unspecified atom stereocenters. The van der Waals surface area contributed by atoms with Crippen molar-refractivity contribution in [3.05, 3.63) is 35.9 Å². The molecule has 0 bridgehead atoms. The van der Waals surface area contributed by atoms with Crippen molar-refractivity contribution >= 4 is 21.6 Å². The largest absolute Gasteiger partial charge is 0.295 e. The zero-order valence-corrected chi connectivity index (χ0v) is 14.1. The molecule has 0 aromatic heterocycles. The first-order valence-electron chi connectivity index (χ1n) is 6.91. The molecular weight excluding hydrogens is 304 g/mol. The monoisotopic (exact) mass is 326 g/mol. The molecule has 0 saturated carbocycles. The minimum atomic E-state index is -2.95. The first-order valence-corrected chi connectivity index (χ1v) is 10.1. The van der Waals surface area contributed by atoms with Gasteiger partial charge in [-0.1, -0.05) is 37.3 Å². The number of rotatable bonds is 9.